The predicted octanol–water partition coefficient (Wildman–Crippen LogP) is 2.37. The molecule has 17 heavy (non-hydrogen) atoms. The Morgan fingerprint density at radius 2 is 2.06 bits per heavy atom. The second-order valence-corrected chi connectivity index (χ2v) is 5.69. The number of piperidine rings is 1. The van der Waals surface area contributed by atoms with Crippen LogP contribution in [0.4, 0.5) is 9.18 Å². The van der Waals surface area contributed by atoms with E-state index in [0.717, 1.165) is 0 Å². The Hall–Kier alpha value is -0.840. The number of likely N-dealkylation sites (tertiary alicyclic amines) is 1. The van der Waals surface area contributed by atoms with Gasteiger partial charge in [0.2, 0.25) is 0 Å². The summed E-state index contributed by atoms with van der Waals surface area (Å²) in [4.78, 5) is 13.2. The van der Waals surface area contributed by atoms with Gasteiger partial charge in [-0.25, -0.2) is 9.18 Å². The molecule has 1 aliphatic heterocycles. The lowest BCUT2D eigenvalue weighted by molar-refractivity contribution is -0.0802. The van der Waals surface area contributed by atoms with Crippen LogP contribution in [-0.2, 0) is 9.47 Å². The first-order chi connectivity index (χ1) is 7.65. The highest BCUT2D eigenvalue weighted by Crippen LogP contribution is 2.28. The first kappa shape index (κ1) is 14.2. The van der Waals surface area contributed by atoms with Crippen LogP contribution < -0.4 is 0 Å². The number of nitrogens with zero attached hydrogens (tertiary/aromatic N) is 1. The number of hydrogen-bond donors (Lipinski definition) is 0. The molecule has 2 atom stereocenters. The Morgan fingerprint density at radius 1 is 1.47 bits per heavy atom. The summed E-state index contributed by atoms with van der Waals surface area (Å²) in [5.74, 6) is 0. The second kappa shape index (κ2) is 4.80. The van der Waals surface area contributed by atoms with Gasteiger partial charge in [0.25, 0.3) is 0 Å². The third-order valence-electron chi connectivity index (χ3n) is 2.77. The van der Waals surface area contributed by atoms with Crippen molar-refractivity contribution in [1.82, 2.24) is 4.90 Å². The van der Waals surface area contributed by atoms with Crippen molar-refractivity contribution in [3.8, 4) is 0 Å². The number of hydrogen-bond acceptors (Lipinski definition) is 3. The highest BCUT2D eigenvalue weighted by atomic mass is 19.1. The maximum absolute atomic E-state index is 14.2. The zero-order chi connectivity index (χ0) is 13.3. The van der Waals surface area contributed by atoms with Crippen molar-refractivity contribution in [2.45, 2.75) is 51.5 Å². The van der Waals surface area contributed by atoms with Crippen molar-refractivity contribution >= 4 is 6.09 Å². The van der Waals surface area contributed by atoms with Crippen molar-refractivity contribution in [1.29, 1.82) is 0 Å². The number of alkyl halides is 1. The van der Waals surface area contributed by atoms with E-state index in [1.54, 1.807) is 20.8 Å². The van der Waals surface area contributed by atoms with E-state index in [-0.39, 0.29) is 6.54 Å². The molecule has 100 valence electrons. The molecule has 0 radical (unpaired) electrons. The van der Waals surface area contributed by atoms with E-state index < -0.39 is 23.5 Å². The van der Waals surface area contributed by atoms with E-state index >= 15 is 0 Å². The zero-order valence-corrected chi connectivity index (χ0v) is 11.2. The second-order valence-electron chi connectivity index (χ2n) is 5.69. The minimum Gasteiger partial charge on any atom is -0.444 e. The predicted molar refractivity (Wildman–Crippen MR) is 62.7 cm³/mol. The van der Waals surface area contributed by atoms with Crippen LogP contribution in [0, 0.1) is 0 Å². The number of carbonyl (C=O) groups is 1. The van der Waals surface area contributed by atoms with E-state index in [4.69, 9.17) is 9.47 Å². The van der Waals surface area contributed by atoms with Gasteiger partial charge >= 0.3 is 6.09 Å². The molecule has 0 aromatic heterocycles. The van der Waals surface area contributed by atoms with Gasteiger partial charge in [-0.1, -0.05) is 0 Å². The molecular formula is C12H22FNO3. The molecule has 0 aliphatic carbocycles. The van der Waals surface area contributed by atoms with Crippen LogP contribution in [0.3, 0.4) is 0 Å². The molecule has 1 amide bonds. The highest BCUT2D eigenvalue weighted by molar-refractivity contribution is 5.68. The van der Waals surface area contributed by atoms with Crippen molar-refractivity contribution in [3.63, 3.8) is 0 Å². The Morgan fingerprint density at radius 3 is 2.47 bits per heavy atom. The normalized spacial score (nSPS) is 30.2. The van der Waals surface area contributed by atoms with Gasteiger partial charge in [0.1, 0.15) is 5.60 Å². The summed E-state index contributed by atoms with van der Waals surface area (Å²) >= 11 is 0. The third kappa shape index (κ3) is 3.84. The molecular weight excluding hydrogens is 225 g/mol. The first-order valence-corrected chi connectivity index (χ1v) is 5.85. The van der Waals surface area contributed by atoms with Crippen LogP contribution in [0.15, 0.2) is 0 Å². The molecule has 2 unspecified atom stereocenters. The maximum atomic E-state index is 14.2. The Bertz CT molecular complexity index is 286. The van der Waals surface area contributed by atoms with Crippen LogP contribution in [0.5, 0.6) is 0 Å². The quantitative estimate of drug-likeness (QED) is 0.714. The largest absolute Gasteiger partial charge is 0.444 e. The summed E-state index contributed by atoms with van der Waals surface area (Å²) < 4.78 is 24.5. The molecule has 1 aliphatic rings. The Kier molecular flexibility index (Phi) is 4.02. The fourth-order valence-corrected chi connectivity index (χ4v) is 1.97. The average Bonchev–Trinajstić information content (AvgIpc) is 2.13. The maximum Gasteiger partial charge on any atom is 0.410 e. The summed E-state index contributed by atoms with van der Waals surface area (Å²) in [7, 11) is 1.49. The van der Waals surface area contributed by atoms with Gasteiger partial charge in [-0.3, -0.25) is 0 Å². The van der Waals surface area contributed by atoms with E-state index in [1.807, 2.05) is 0 Å². The van der Waals surface area contributed by atoms with Gasteiger partial charge in [-0.2, -0.15) is 0 Å². The molecule has 0 saturated carbocycles. The van der Waals surface area contributed by atoms with Crippen molar-refractivity contribution in [2.24, 2.45) is 0 Å². The SMILES string of the molecule is COC1CCN(C(=O)OC(C)(C)C)CC1(C)F. The smallest absolute Gasteiger partial charge is 0.410 e. The standard InChI is InChI=1S/C12H22FNO3/c1-11(2,3)17-10(15)14-7-6-9(16-5)12(4,13)8-14/h9H,6-8H2,1-5H3. The van der Waals surface area contributed by atoms with Crippen LogP contribution in [0.2, 0.25) is 0 Å². The summed E-state index contributed by atoms with van der Waals surface area (Å²) in [6.45, 7) is 7.31. The molecule has 1 rings (SSSR count). The Balaban J connectivity index is 2.62. The number of halogens is 1. The molecule has 0 aromatic rings. The van der Waals surface area contributed by atoms with Crippen LogP contribution in [-0.4, -0.2) is 48.6 Å². The van der Waals surface area contributed by atoms with Crippen molar-refractivity contribution < 1.29 is 18.7 Å². The lowest BCUT2D eigenvalue weighted by Crippen LogP contribution is -2.55. The number of rotatable bonds is 1. The third-order valence-corrected chi connectivity index (χ3v) is 2.77. The lowest BCUT2D eigenvalue weighted by Gasteiger charge is -2.40. The van der Waals surface area contributed by atoms with E-state index in [1.165, 1.54) is 18.9 Å². The fourth-order valence-electron chi connectivity index (χ4n) is 1.97. The number of ether oxygens (including phenoxy) is 2. The number of carbonyl (C=O) groups excluding carboxylic acids is 1. The van der Waals surface area contributed by atoms with E-state index in [9.17, 15) is 9.18 Å². The summed E-state index contributed by atoms with van der Waals surface area (Å²) in [5, 5.41) is 0. The lowest BCUT2D eigenvalue weighted by atomic mass is 9.93. The minimum atomic E-state index is -1.52. The molecule has 1 saturated heterocycles. The summed E-state index contributed by atoms with van der Waals surface area (Å²) in [6, 6.07) is 0. The highest BCUT2D eigenvalue weighted by Gasteiger charge is 2.42. The van der Waals surface area contributed by atoms with Crippen LogP contribution in [0.25, 0.3) is 0 Å². The van der Waals surface area contributed by atoms with Crippen molar-refractivity contribution in [2.75, 3.05) is 20.2 Å². The molecule has 0 spiro atoms. The molecule has 5 heteroatoms. The zero-order valence-electron chi connectivity index (χ0n) is 11.2. The van der Waals surface area contributed by atoms with Gasteiger partial charge in [-0.15, -0.1) is 0 Å². The van der Waals surface area contributed by atoms with E-state index in [0.29, 0.717) is 13.0 Å². The van der Waals surface area contributed by atoms with Gasteiger partial charge in [0.15, 0.2) is 5.67 Å². The van der Waals surface area contributed by atoms with Crippen LogP contribution in [0.1, 0.15) is 34.1 Å². The number of methoxy groups -OCH3 is 1. The molecule has 0 N–H and O–H groups in total. The molecule has 0 aromatic carbocycles. The molecule has 1 heterocycles. The Labute approximate surface area is 102 Å². The molecule has 4 nitrogen and oxygen atoms in total. The molecule has 0 bridgehead atoms. The summed E-state index contributed by atoms with van der Waals surface area (Å²) in [5.41, 5.74) is -2.08. The number of amides is 1. The average molecular weight is 247 g/mol. The minimum absolute atomic E-state index is 0.0143. The monoisotopic (exact) mass is 247 g/mol. The van der Waals surface area contributed by atoms with Crippen molar-refractivity contribution in [3.05, 3.63) is 0 Å². The van der Waals surface area contributed by atoms with E-state index in [2.05, 4.69) is 0 Å². The molecule has 1 fully saturated rings. The van der Waals surface area contributed by atoms with Gasteiger partial charge < -0.3 is 14.4 Å². The van der Waals surface area contributed by atoms with Gasteiger partial charge in [-0.05, 0) is 34.1 Å². The van der Waals surface area contributed by atoms with Gasteiger partial charge in [0.05, 0.1) is 12.6 Å². The first-order valence-electron chi connectivity index (χ1n) is 5.85. The van der Waals surface area contributed by atoms with Gasteiger partial charge in [0, 0.05) is 13.7 Å². The fraction of sp³-hybridized carbons (Fsp3) is 0.917. The topological polar surface area (TPSA) is 38.8 Å². The van der Waals surface area contributed by atoms with Crippen LogP contribution >= 0.6 is 0 Å². The summed E-state index contributed by atoms with van der Waals surface area (Å²) in [6.07, 6.45) is -0.431.